The molecule has 0 unspecified atom stereocenters. The molecule has 0 aliphatic rings. The maximum atomic E-state index is 13.8. The smallest absolute Gasteiger partial charge is 0.159 e. The second-order valence-electron chi connectivity index (χ2n) is 3.85. The van der Waals surface area contributed by atoms with Crippen LogP contribution in [0.25, 0.3) is 11.1 Å². The Bertz CT molecular complexity index is 606. The van der Waals surface area contributed by atoms with Crippen LogP contribution in [0.2, 0.25) is 5.02 Å². The van der Waals surface area contributed by atoms with Gasteiger partial charge >= 0.3 is 0 Å². The molecule has 2 aromatic rings. The largest absolute Gasteiger partial charge is 0.295 e. The van der Waals surface area contributed by atoms with Gasteiger partial charge in [-0.15, -0.1) is 0 Å². The van der Waals surface area contributed by atoms with E-state index in [9.17, 15) is 13.6 Å². The number of carbonyl (C=O) groups excluding carboxylic acids is 1. The van der Waals surface area contributed by atoms with Crippen LogP contribution in [0.15, 0.2) is 36.4 Å². The van der Waals surface area contributed by atoms with E-state index < -0.39 is 11.6 Å². The zero-order valence-electron chi connectivity index (χ0n) is 9.51. The molecule has 0 saturated heterocycles. The predicted octanol–water partition coefficient (Wildman–Crippen LogP) is 4.49. The van der Waals surface area contributed by atoms with E-state index in [1.807, 2.05) is 0 Å². The molecule has 2 aromatic carbocycles. The molecule has 0 fully saturated rings. The molecule has 4 heteroatoms. The van der Waals surface area contributed by atoms with Crippen LogP contribution in [0.1, 0.15) is 17.3 Å². The maximum Gasteiger partial charge on any atom is 0.159 e. The molecule has 0 amide bonds. The molecule has 0 radical (unpaired) electrons. The number of benzene rings is 2. The minimum atomic E-state index is -0.799. The van der Waals surface area contributed by atoms with Crippen molar-refractivity contribution in [2.45, 2.75) is 6.92 Å². The van der Waals surface area contributed by atoms with Crippen molar-refractivity contribution in [1.29, 1.82) is 0 Å². The topological polar surface area (TPSA) is 17.1 Å². The minimum absolute atomic E-state index is 0.103. The van der Waals surface area contributed by atoms with Crippen LogP contribution in [0.5, 0.6) is 0 Å². The van der Waals surface area contributed by atoms with Gasteiger partial charge in [-0.2, -0.15) is 0 Å². The molecule has 0 aliphatic carbocycles. The highest BCUT2D eigenvalue weighted by atomic mass is 35.5. The van der Waals surface area contributed by atoms with Crippen LogP contribution in [-0.2, 0) is 0 Å². The summed E-state index contributed by atoms with van der Waals surface area (Å²) in [4.78, 5) is 11.1. The van der Waals surface area contributed by atoms with Crippen LogP contribution in [0, 0.1) is 11.6 Å². The molecule has 0 aromatic heterocycles. The van der Waals surface area contributed by atoms with Crippen molar-refractivity contribution in [3.8, 4) is 11.1 Å². The third-order valence-electron chi connectivity index (χ3n) is 2.62. The highest BCUT2D eigenvalue weighted by molar-refractivity contribution is 6.31. The highest BCUT2D eigenvalue weighted by Crippen LogP contribution is 2.30. The van der Waals surface area contributed by atoms with Gasteiger partial charge in [-0.3, -0.25) is 4.79 Å². The molecule has 0 spiro atoms. The van der Waals surface area contributed by atoms with Crippen LogP contribution < -0.4 is 0 Å². The Morgan fingerprint density at radius 2 is 1.67 bits per heavy atom. The molecule has 0 saturated carbocycles. The van der Waals surface area contributed by atoms with Crippen LogP contribution in [0.3, 0.4) is 0 Å². The molecule has 0 aliphatic heterocycles. The summed E-state index contributed by atoms with van der Waals surface area (Å²) >= 11 is 5.62. The summed E-state index contributed by atoms with van der Waals surface area (Å²) in [6, 6.07) is 8.32. The first-order chi connectivity index (χ1) is 8.50. The lowest BCUT2D eigenvalue weighted by molar-refractivity contribution is 0.101. The van der Waals surface area contributed by atoms with Gasteiger partial charge in [-0.1, -0.05) is 35.9 Å². The third kappa shape index (κ3) is 2.27. The Morgan fingerprint density at radius 1 is 1.06 bits per heavy atom. The number of carbonyl (C=O) groups is 1. The standard InChI is InChI=1S/C14H9ClF2O/c1-8(18)9-2-4-10(5-3-9)13-12(16)7-6-11(15)14(13)17/h2-7H,1H3. The Hall–Kier alpha value is -1.74. The summed E-state index contributed by atoms with van der Waals surface area (Å²) in [6.45, 7) is 1.43. The van der Waals surface area contributed by atoms with Gasteiger partial charge in [0.05, 0.1) is 10.6 Å². The normalized spacial score (nSPS) is 10.4. The summed E-state index contributed by atoms with van der Waals surface area (Å²) in [5.74, 6) is -1.59. The Kier molecular flexibility index (Phi) is 3.43. The fourth-order valence-corrected chi connectivity index (χ4v) is 1.82. The van der Waals surface area contributed by atoms with E-state index >= 15 is 0 Å². The SMILES string of the molecule is CC(=O)c1ccc(-c2c(F)ccc(Cl)c2F)cc1. The molecule has 0 atom stereocenters. The second-order valence-corrected chi connectivity index (χ2v) is 4.26. The molecule has 18 heavy (non-hydrogen) atoms. The van der Waals surface area contributed by atoms with Crippen molar-refractivity contribution in [2.75, 3.05) is 0 Å². The summed E-state index contributed by atoms with van der Waals surface area (Å²) in [5, 5.41) is -0.137. The van der Waals surface area contributed by atoms with Gasteiger partial charge in [0, 0.05) is 5.56 Å². The van der Waals surface area contributed by atoms with Crippen LogP contribution >= 0.6 is 11.6 Å². The van der Waals surface area contributed by atoms with E-state index in [1.54, 1.807) is 0 Å². The van der Waals surface area contributed by atoms with Gasteiger partial charge in [-0.25, -0.2) is 8.78 Å². The third-order valence-corrected chi connectivity index (χ3v) is 2.92. The average Bonchev–Trinajstić information content (AvgIpc) is 2.35. The number of hydrogen-bond acceptors (Lipinski definition) is 1. The first-order valence-electron chi connectivity index (χ1n) is 5.25. The van der Waals surface area contributed by atoms with Gasteiger partial charge in [0.25, 0.3) is 0 Å². The fraction of sp³-hybridized carbons (Fsp3) is 0.0714. The van der Waals surface area contributed by atoms with E-state index in [4.69, 9.17) is 11.6 Å². The van der Waals surface area contributed by atoms with Gasteiger partial charge in [0.15, 0.2) is 11.6 Å². The van der Waals surface area contributed by atoms with Crippen molar-refractivity contribution >= 4 is 17.4 Å². The first kappa shape index (κ1) is 12.7. The molecule has 0 heterocycles. The zero-order chi connectivity index (χ0) is 13.3. The van der Waals surface area contributed by atoms with E-state index in [0.717, 1.165) is 6.07 Å². The molecule has 1 nitrogen and oxygen atoms in total. The Labute approximate surface area is 108 Å². The van der Waals surface area contributed by atoms with Crippen molar-refractivity contribution in [2.24, 2.45) is 0 Å². The number of ketones is 1. The van der Waals surface area contributed by atoms with Crippen molar-refractivity contribution in [3.05, 3.63) is 58.6 Å². The quantitative estimate of drug-likeness (QED) is 0.578. The highest BCUT2D eigenvalue weighted by Gasteiger charge is 2.14. The average molecular weight is 267 g/mol. The number of halogens is 3. The van der Waals surface area contributed by atoms with Gasteiger partial charge in [-0.05, 0) is 24.6 Å². The Balaban J connectivity index is 2.55. The van der Waals surface area contributed by atoms with E-state index in [1.165, 1.54) is 37.3 Å². The Morgan fingerprint density at radius 3 is 2.22 bits per heavy atom. The van der Waals surface area contributed by atoms with Gasteiger partial charge in [0.2, 0.25) is 0 Å². The summed E-state index contributed by atoms with van der Waals surface area (Å²) in [6.07, 6.45) is 0. The van der Waals surface area contributed by atoms with Crippen molar-refractivity contribution < 1.29 is 13.6 Å². The van der Waals surface area contributed by atoms with Gasteiger partial charge < -0.3 is 0 Å². The molecule has 0 N–H and O–H groups in total. The van der Waals surface area contributed by atoms with Crippen LogP contribution in [-0.4, -0.2) is 5.78 Å². The number of Topliss-reactive ketones (excluding diaryl/α,β-unsaturated/α-hetero) is 1. The molecular formula is C14H9ClF2O. The van der Waals surface area contributed by atoms with Gasteiger partial charge in [0.1, 0.15) is 5.82 Å². The van der Waals surface area contributed by atoms with Crippen molar-refractivity contribution in [1.82, 2.24) is 0 Å². The molecule has 2 rings (SSSR count). The van der Waals surface area contributed by atoms with E-state index in [2.05, 4.69) is 0 Å². The molecule has 0 bridgehead atoms. The van der Waals surface area contributed by atoms with Crippen molar-refractivity contribution in [3.63, 3.8) is 0 Å². The van der Waals surface area contributed by atoms with E-state index in [-0.39, 0.29) is 16.4 Å². The monoisotopic (exact) mass is 266 g/mol. The van der Waals surface area contributed by atoms with E-state index in [0.29, 0.717) is 11.1 Å². The lowest BCUT2D eigenvalue weighted by Crippen LogP contribution is -1.94. The zero-order valence-corrected chi connectivity index (χ0v) is 10.3. The lowest BCUT2D eigenvalue weighted by Gasteiger charge is -2.07. The molecular weight excluding hydrogens is 258 g/mol. The fourth-order valence-electron chi connectivity index (χ4n) is 1.66. The summed E-state index contributed by atoms with van der Waals surface area (Å²) < 4.78 is 27.4. The summed E-state index contributed by atoms with van der Waals surface area (Å²) in [7, 11) is 0. The number of hydrogen-bond donors (Lipinski definition) is 0. The second kappa shape index (κ2) is 4.86. The first-order valence-corrected chi connectivity index (χ1v) is 5.63. The molecule has 92 valence electrons. The number of rotatable bonds is 2. The predicted molar refractivity (Wildman–Crippen MR) is 66.8 cm³/mol. The van der Waals surface area contributed by atoms with Crippen LogP contribution in [0.4, 0.5) is 8.78 Å². The maximum absolute atomic E-state index is 13.8. The lowest BCUT2D eigenvalue weighted by atomic mass is 10.0. The summed E-state index contributed by atoms with van der Waals surface area (Å²) in [5.41, 5.74) is 0.650. The minimum Gasteiger partial charge on any atom is -0.295 e.